The van der Waals surface area contributed by atoms with Crippen molar-refractivity contribution in [3.8, 4) is 11.8 Å². The van der Waals surface area contributed by atoms with Gasteiger partial charge in [0.25, 0.3) is 5.91 Å². The molecule has 1 N–H and O–H groups in total. The Morgan fingerprint density at radius 2 is 2.02 bits per heavy atom. The fourth-order valence-corrected chi connectivity index (χ4v) is 6.40. The summed E-state index contributed by atoms with van der Waals surface area (Å²) in [6.07, 6.45) is 3.31. The zero-order valence-corrected chi connectivity index (χ0v) is 23.3. The fraction of sp³-hybridized carbons (Fsp3) is 0.500. The largest absolute Gasteiger partial charge is 0.508 e. The molecule has 0 bridgehead atoms. The number of phenols is 1. The van der Waals surface area contributed by atoms with Crippen molar-refractivity contribution >= 4 is 28.2 Å². The van der Waals surface area contributed by atoms with E-state index in [0.29, 0.717) is 71.8 Å². The van der Waals surface area contributed by atoms with Crippen LogP contribution >= 0.6 is 0 Å². The predicted octanol–water partition coefficient (Wildman–Crippen LogP) is 4.29. The third-order valence-corrected chi connectivity index (χ3v) is 8.42. The van der Waals surface area contributed by atoms with Gasteiger partial charge in [0.15, 0.2) is 0 Å². The molecule has 10 heteroatoms. The third-order valence-electron chi connectivity index (χ3n) is 8.42. The lowest BCUT2D eigenvalue weighted by Crippen LogP contribution is -2.38. The molecule has 0 radical (unpaired) electrons. The summed E-state index contributed by atoms with van der Waals surface area (Å²) >= 11 is 0. The molecule has 0 spiro atoms. The molecule has 9 nitrogen and oxygen atoms in total. The lowest BCUT2D eigenvalue weighted by atomic mass is 9.99. The van der Waals surface area contributed by atoms with Crippen LogP contribution in [0, 0.1) is 5.82 Å². The lowest BCUT2D eigenvalue weighted by Gasteiger charge is -2.27. The molecule has 1 aromatic heterocycles. The third kappa shape index (κ3) is 4.73. The molecule has 2 atom stereocenters. The molecule has 4 heterocycles. The van der Waals surface area contributed by atoms with Crippen molar-refractivity contribution < 1.29 is 23.8 Å². The average molecular weight is 550 g/mol. The number of hydrogen-bond acceptors (Lipinski definition) is 8. The number of aromatic hydroxyl groups is 1. The smallest absolute Gasteiger partial charge is 0.319 e. The number of carbonyl (C=O) groups excluding carboxylic acids is 1. The molecule has 212 valence electrons. The standard InChI is InChI=1S/C30H36FN5O4/c1-4-21-22(31)9-8-19-15-20(37)16-25(26(19)21)36-17-23-27(29(36)38)28(35-11-6-13-39-14-12-35)33-30(32-23)40-18(2)24-7-5-10-34(24)3/h8-9,15-16,18,24,37H,4-7,10-14,17H2,1-3H3. The Morgan fingerprint density at radius 3 is 2.80 bits per heavy atom. The zero-order chi connectivity index (χ0) is 28.0. The maximum Gasteiger partial charge on any atom is 0.319 e. The number of fused-ring (bicyclic) bond motifs is 2. The molecule has 2 aromatic carbocycles. The lowest BCUT2D eigenvalue weighted by molar-refractivity contribution is 0.0996. The summed E-state index contributed by atoms with van der Waals surface area (Å²) in [6, 6.07) is 6.70. The minimum Gasteiger partial charge on any atom is -0.508 e. The number of hydrogen-bond donors (Lipinski definition) is 1. The van der Waals surface area contributed by atoms with E-state index in [1.807, 2.05) is 13.8 Å². The van der Waals surface area contributed by atoms with Crippen LogP contribution in [0.1, 0.15) is 54.7 Å². The Hall–Kier alpha value is -3.50. The van der Waals surface area contributed by atoms with Crippen LogP contribution in [0.15, 0.2) is 24.3 Å². The van der Waals surface area contributed by atoms with Crippen molar-refractivity contribution in [2.75, 3.05) is 49.7 Å². The van der Waals surface area contributed by atoms with Crippen LogP contribution in [0.5, 0.6) is 11.8 Å². The Balaban J connectivity index is 1.44. The van der Waals surface area contributed by atoms with Crippen LogP contribution in [-0.4, -0.2) is 77.9 Å². The Morgan fingerprint density at radius 1 is 1.18 bits per heavy atom. The topological polar surface area (TPSA) is 91.3 Å². The van der Waals surface area contributed by atoms with Gasteiger partial charge >= 0.3 is 6.01 Å². The van der Waals surface area contributed by atoms with E-state index >= 15 is 0 Å². The quantitative estimate of drug-likeness (QED) is 0.487. The van der Waals surface area contributed by atoms with Crippen molar-refractivity contribution in [2.24, 2.45) is 0 Å². The minimum absolute atomic E-state index is 0.00872. The van der Waals surface area contributed by atoms with E-state index in [4.69, 9.17) is 19.4 Å². The van der Waals surface area contributed by atoms with Crippen molar-refractivity contribution in [1.29, 1.82) is 0 Å². The summed E-state index contributed by atoms with van der Waals surface area (Å²) in [4.78, 5) is 29.7. The Labute approximate surface area is 233 Å². The first-order chi connectivity index (χ1) is 19.4. The number of likely N-dealkylation sites (tertiary alicyclic amines) is 1. The SMILES string of the molecule is CCc1c(F)ccc2cc(O)cc(N3Cc4nc(OC(C)C5CCCN5C)nc(N5CCCOCC5)c4C3=O)c12. The maximum absolute atomic E-state index is 14.9. The van der Waals surface area contributed by atoms with Gasteiger partial charge in [-0.3, -0.25) is 9.69 Å². The number of benzene rings is 2. The van der Waals surface area contributed by atoms with Crippen LogP contribution in [-0.2, 0) is 17.7 Å². The molecule has 0 saturated carbocycles. The number of nitrogens with zero attached hydrogens (tertiary/aromatic N) is 5. The normalized spacial score (nSPS) is 20.7. The van der Waals surface area contributed by atoms with E-state index in [1.165, 1.54) is 12.1 Å². The second kappa shape index (κ2) is 10.8. The molecule has 40 heavy (non-hydrogen) atoms. The van der Waals surface area contributed by atoms with Crippen LogP contribution in [0.2, 0.25) is 0 Å². The number of phenolic OH excluding ortho intramolecular Hbond substituents is 1. The Kier molecular flexibility index (Phi) is 7.22. The molecule has 2 unspecified atom stereocenters. The summed E-state index contributed by atoms with van der Waals surface area (Å²) in [7, 11) is 2.10. The van der Waals surface area contributed by atoms with Crippen LogP contribution in [0.4, 0.5) is 15.9 Å². The zero-order valence-electron chi connectivity index (χ0n) is 23.3. The number of rotatable bonds is 6. The highest BCUT2D eigenvalue weighted by atomic mass is 19.1. The van der Waals surface area contributed by atoms with E-state index in [0.717, 1.165) is 25.8 Å². The van der Waals surface area contributed by atoms with Crippen LogP contribution in [0.3, 0.4) is 0 Å². The summed E-state index contributed by atoms with van der Waals surface area (Å²) < 4.78 is 26.9. The summed E-state index contributed by atoms with van der Waals surface area (Å²) in [5.41, 5.74) is 1.95. The molecule has 3 aliphatic rings. The first-order valence-electron chi connectivity index (χ1n) is 14.2. The highest BCUT2D eigenvalue weighted by molar-refractivity contribution is 6.16. The van der Waals surface area contributed by atoms with Gasteiger partial charge in [-0.05, 0) is 69.3 Å². The monoisotopic (exact) mass is 549 g/mol. The summed E-state index contributed by atoms with van der Waals surface area (Å²) in [5, 5.41) is 11.9. The summed E-state index contributed by atoms with van der Waals surface area (Å²) in [5.74, 6) is -0.0630. The number of anilines is 2. The van der Waals surface area contributed by atoms with Gasteiger partial charge in [-0.1, -0.05) is 13.0 Å². The van der Waals surface area contributed by atoms with Gasteiger partial charge < -0.3 is 24.4 Å². The first kappa shape index (κ1) is 26.7. The molecule has 3 aromatic rings. The van der Waals surface area contributed by atoms with Crippen LogP contribution in [0.25, 0.3) is 10.8 Å². The van der Waals surface area contributed by atoms with Gasteiger partial charge in [0.05, 0.1) is 24.5 Å². The Bertz CT molecular complexity index is 1440. The van der Waals surface area contributed by atoms with E-state index in [1.54, 1.807) is 17.0 Å². The highest BCUT2D eigenvalue weighted by Gasteiger charge is 2.38. The van der Waals surface area contributed by atoms with Gasteiger partial charge in [0, 0.05) is 37.2 Å². The highest BCUT2D eigenvalue weighted by Crippen LogP contribution is 2.41. The van der Waals surface area contributed by atoms with Gasteiger partial charge in [0.1, 0.15) is 29.1 Å². The number of ether oxygens (including phenoxy) is 2. The van der Waals surface area contributed by atoms with E-state index in [9.17, 15) is 14.3 Å². The number of aromatic nitrogens is 2. The van der Waals surface area contributed by atoms with Gasteiger partial charge in [-0.2, -0.15) is 9.97 Å². The van der Waals surface area contributed by atoms with Crippen molar-refractivity contribution in [1.82, 2.24) is 14.9 Å². The number of halogens is 1. The first-order valence-corrected chi connectivity index (χ1v) is 14.2. The van der Waals surface area contributed by atoms with E-state index < -0.39 is 0 Å². The van der Waals surface area contributed by atoms with Gasteiger partial charge in [-0.15, -0.1) is 0 Å². The van der Waals surface area contributed by atoms with Crippen molar-refractivity contribution in [2.45, 2.75) is 58.2 Å². The van der Waals surface area contributed by atoms with Gasteiger partial charge in [-0.25, -0.2) is 4.39 Å². The second-order valence-electron chi connectivity index (χ2n) is 11.0. The number of likely N-dealkylation sites (N-methyl/N-ethyl adjacent to an activating group) is 1. The minimum atomic E-state index is -0.335. The van der Waals surface area contributed by atoms with Crippen molar-refractivity contribution in [3.05, 3.63) is 46.9 Å². The molecule has 3 aliphatic heterocycles. The predicted molar refractivity (Wildman–Crippen MR) is 151 cm³/mol. The molecular formula is C30H36FN5O4. The number of carbonyl (C=O) groups is 1. The molecule has 2 saturated heterocycles. The van der Waals surface area contributed by atoms with Crippen molar-refractivity contribution in [3.63, 3.8) is 0 Å². The van der Waals surface area contributed by atoms with E-state index in [-0.39, 0.29) is 42.2 Å². The van der Waals surface area contributed by atoms with E-state index in [2.05, 4.69) is 16.8 Å². The summed E-state index contributed by atoms with van der Waals surface area (Å²) in [6.45, 7) is 7.59. The van der Waals surface area contributed by atoms with Crippen LogP contribution < -0.4 is 14.5 Å². The maximum atomic E-state index is 14.9. The average Bonchev–Trinajstić information content (AvgIpc) is 3.39. The molecule has 0 aliphatic carbocycles. The van der Waals surface area contributed by atoms with Gasteiger partial charge in [0.2, 0.25) is 0 Å². The molecular weight excluding hydrogens is 513 g/mol. The second-order valence-corrected chi connectivity index (χ2v) is 11.0. The molecule has 2 fully saturated rings. The molecule has 6 rings (SSSR count). The molecule has 1 amide bonds. The fourth-order valence-electron chi connectivity index (χ4n) is 6.40. The number of aryl methyl sites for hydroxylation is 1. The number of amides is 1.